The zero-order valence-electron chi connectivity index (χ0n) is 31.8. The van der Waals surface area contributed by atoms with Gasteiger partial charge in [0.05, 0.1) is 5.69 Å². The molecule has 56 heavy (non-hydrogen) atoms. The molecule has 0 unspecified atom stereocenters. The molecule has 0 amide bonds. The van der Waals surface area contributed by atoms with Gasteiger partial charge in [0.25, 0.3) is 6.71 Å². The van der Waals surface area contributed by atoms with Crippen molar-refractivity contribution in [3.63, 3.8) is 0 Å². The molecule has 2 fully saturated rings. The average Bonchev–Trinajstić information content (AvgIpc) is 3.94. The van der Waals surface area contributed by atoms with Gasteiger partial charge in [0.15, 0.2) is 0 Å². The maximum atomic E-state index is 2.67. The first-order chi connectivity index (χ1) is 27.8. The highest BCUT2D eigenvalue weighted by molar-refractivity contribution is 7.00. The number of nitrogens with zero attached hydrogens (tertiary/aromatic N) is 2. The first-order valence-corrected chi connectivity index (χ1v) is 21.2. The van der Waals surface area contributed by atoms with Gasteiger partial charge in [0, 0.05) is 39.3 Å². The highest BCUT2D eigenvalue weighted by atomic mass is 15.2. The van der Waals surface area contributed by atoms with Crippen molar-refractivity contribution < 1.29 is 0 Å². The van der Waals surface area contributed by atoms with E-state index in [0.29, 0.717) is 0 Å². The number of fused-ring (bicyclic) bond motifs is 14. The third-order valence-electron chi connectivity index (χ3n) is 15.0. The molecular formula is C53H43BN2. The van der Waals surface area contributed by atoms with Crippen molar-refractivity contribution in [3.05, 3.63) is 174 Å². The largest absolute Gasteiger partial charge is 0.311 e. The van der Waals surface area contributed by atoms with Gasteiger partial charge >= 0.3 is 0 Å². The van der Waals surface area contributed by atoms with Gasteiger partial charge < -0.3 is 9.80 Å². The molecule has 2 saturated carbocycles. The molecule has 2 heterocycles. The highest BCUT2D eigenvalue weighted by Gasteiger charge is 2.51. The smallest absolute Gasteiger partial charge is 0.252 e. The lowest BCUT2D eigenvalue weighted by Crippen LogP contribution is -2.61. The van der Waals surface area contributed by atoms with Gasteiger partial charge in [-0.2, -0.15) is 0 Å². The third kappa shape index (κ3) is 3.89. The molecule has 0 saturated heterocycles. The quantitative estimate of drug-likeness (QED) is 0.164. The number of hydrogen-bond acceptors (Lipinski definition) is 2. The fourth-order valence-electron chi connectivity index (χ4n) is 12.9. The second-order valence-corrected chi connectivity index (χ2v) is 17.4. The van der Waals surface area contributed by atoms with Crippen LogP contribution < -0.4 is 26.2 Å². The standard InChI is InChI=1S/C53H43BN2/c1-3-17-35(18-4-1)55-47-27-16-28-48-51(47)54(44-33-39-37-20-6-7-22-40(37)52(29-11-2-12-30-52)42(39)34-49(44)55)43-24-9-10-25-45(43)56(48)46-26-15-21-38-36-19-5-8-23-41(36)53(50(38)46)31-13-14-32-53/h1,3-10,15-28,33-34H,2,11-14,29-32H2. The van der Waals surface area contributed by atoms with E-state index in [1.165, 1.54) is 142 Å². The number of benzene rings is 7. The fourth-order valence-corrected chi connectivity index (χ4v) is 12.9. The first kappa shape index (κ1) is 31.4. The van der Waals surface area contributed by atoms with Gasteiger partial charge in [0.2, 0.25) is 0 Å². The maximum Gasteiger partial charge on any atom is 0.252 e. The molecule has 7 aromatic rings. The molecule has 0 radical (unpaired) electrons. The van der Waals surface area contributed by atoms with Crippen LogP contribution >= 0.6 is 0 Å². The van der Waals surface area contributed by atoms with Crippen molar-refractivity contribution in [2.45, 2.75) is 68.6 Å². The van der Waals surface area contributed by atoms with Gasteiger partial charge in [-0.3, -0.25) is 0 Å². The zero-order valence-corrected chi connectivity index (χ0v) is 31.8. The first-order valence-electron chi connectivity index (χ1n) is 21.2. The van der Waals surface area contributed by atoms with Crippen LogP contribution in [0.25, 0.3) is 22.3 Å². The second-order valence-electron chi connectivity index (χ2n) is 17.4. The molecule has 6 aliphatic rings. The van der Waals surface area contributed by atoms with Crippen molar-refractivity contribution in [3.8, 4) is 22.3 Å². The molecule has 268 valence electrons. The Morgan fingerprint density at radius 2 is 0.946 bits per heavy atom. The van der Waals surface area contributed by atoms with Crippen molar-refractivity contribution in [2.24, 2.45) is 0 Å². The predicted octanol–water partition coefficient (Wildman–Crippen LogP) is 11.8. The Labute approximate surface area is 330 Å². The summed E-state index contributed by atoms with van der Waals surface area (Å²) in [6.07, 6.45) is 11.4. The molecule has 2 spiro atoms. The minimum absolute atomic E-state index is 0.0504. The van der Waals surface area contributed by atoms with Crippen molar-refractivity contribution >= 4 is 57.2 Å². The van der Waals surface area contributed by atoms with Crippen LogP contribution in [0.1, 0.15) is 80.0 Å². The van der Waals surface area contributed by atoms with E-state index >= 15 is 0 Å². The summed E-state index contributed by atoms with van der Waals surface area (Å²) < 4.78 is 0. The van der Waals surface area contributed by atoms with Crippen LogP contribution in [0.15, 0.2) is 152 Å². The van der Waals surface area contributed by atoms with Gasteiger partial charge in [-0.05, 0) is 129 Å². The highest BCUT2D eigenvalue weighted by Crippen LogP contribution is 2.61. The second kappa shape index (κ2) is 11.4. The Hall–Kier alpha value is -5.80. The van der Waals surface area contributed by atoms with Gasteiger partial charge in [-0.25, -0.2) is 0 Å². The summed E-state index contributed by atoms with van der Waals surface area (Å²) in [5.74, 6) is 0. The van der Waals surface area contributed by atoms with E-state index in [2.05, 4.69) is 161 Å². The Balaban J connectivity index is 1.10. The molecule has 0 atom stereocenters. The van der Waals surface area contributed by atoms with E-state index in [4.69, 9.17) is 0 Å². The summed E-state index contributed by atoms with van der Waals surface area (Å²) >= 11 is 0. The minimum atomic E-state index is 0.0504. The summed E-state index contributed by atoms with van der Waals surface area (Å²) in [6.45, 7) is 0.110. The molecule has 2 aliphatic heterocycles. The number of anilines is 6. The topological polar surface area (TPSA) is 6.48 Å². The van der Waals surface area contributed by atoms with Crippen molar-refractivity contribution in [1.82, 2.24) is 0 Å². The average molecular weight is 719 g/mol. The molecular weight excluding hydrogens is 675 g/mol. The van der Waals surface area contributed by atoms with Crippen molar-refractivity contribution in [1.29, 1.82) is 0 Å². The molecule has 4 aliphatic carbocycles. The van der Waals surface area contributed by atoms with Crippen LogP contribution in [0.5, 0.6) is 0 Å². The summed E-state index contributed by atoms with van der Waals surface area (Å²) in [6, 6.07) is 58.8. The van der Waals surface area contributed by atoms with Crippen LogP contribution in [0.4, 0.5) is 34.1 Å². The normalized spacial score (nSPS) is 18.2. The lowest BCUT2D eigenvalue weighted by Gasteiger charge is -2.45. The van der Waals surface area contributed by atoms with Gasteiger partial charge in [0.1, 0.15) is 0 Å². The van der Waals surface area contributed by atoms with Crippen LogP contribution in [-0.4, -0.2) is 6.71 Å². The third-order valence-corrected chi connectivity index (χ3v) is 15.0. The molecule has 0 N–H and O–H groups in total. The van der Waals surface area contributed by atoms with Gasteiger partial charge in [-0.1, -0.05) is 141 Å². The number of para-hydroxylation sites is 2. The lowest BCUT2D eigenvalue weighted by molar-refractivity contribution is 0.353. The predicted molar refractivity (Wildman–Crippen MR) is 234 cm³/mol. The Morgan fingerprint density at radius 3 is 1.75 bits per heavy atom. The summed E-state index contributed by atoms with van der Waals surface area (Å²) in [5, 5.41) is 0. The maximum absolute atomic E-state index is 2.67. The minimum Gasteiger partial charge on any atom is -0.311 e. The van der Waals surface area contributed by atoms with E-state index < -0.39 is 0 Å². The van der Waals surface area contributed by atoms with Gasteiger partial charge in [-0.15, -0.1) is 0 Å². The monoisotopic (exact) mass is 718 g/mol. The Bertz CT molecular complexity index is 2770. The molecule has 13 rings (SSSR count). The molecule has 0 bridgehead atoms. The summed E-state index contributed by atoms with van der Waals surface area (Å²) in [7, 11) is 0. The van der Waals surface area contributed by atoms with Crippen molar-refractivity contribution in [2.75, 3.05) is 9.80 Å². The molecule has 7 aromatic carbocycles. The summed E-state index contributed by atoms with van der Waals surface area (Å²) in [4.78, 5) is 5.28. The molecule has 3 heteroatoms. The van der Waals surface area contributed by atoms with Crippen LogP contribution in [-0.2, 0) is 10.8 Å². The van der Waals surface area contributed by atoms with Crippen LogP contribution in [0.3, 0.4) is 0 Å². The fraction of sp³-hybridized carbons (Fsp3) is 0.208. The van der Waals surface area contributed by atoms with E-state index in [9.17, 15) is 0 Å². The van der Waals surface area contributed by atoms with E-state index in [-0.39, 0.29) is 17.5 Å². The van der Waals surface area contributed by atoms with E-state index in [0.717, 1.165) is 0 Å². The van der Waals surface area contributed by atoms with E-state index in [1.807, 2.05) is 0 Å². The van der Waals surface area contributed by atoms with E-state index in [1.54, 1.807) is 11.1 Å². The van der Waals surface area contributed by atoms with Crippen LogP contribution in [0.2, 0.25) is 0 Å². The lowest BCUT2D eigenvalue weighted by atomic mass is 9.33. The number of rotatable bonds is 2. The Morgan fingerprint density at radius 1 is 0.375 bits per heavy atom. The summed E-state index contributed by atoms with van der Waals surface area (Å²) in [5.41, 5.74) is 24.1. The molecule has 0 aromatic heterocycles. The Kier molecular flexibility index (Phi) is 6.39. The zero-order chi connectivity index (χ0) is 36.6. The molecule has 2 nitrogen and oxygen atoms in total. The number of hydrogen-bond donors (Lipinski definition) is 0. The SMILES string of the molecule is c1ccc(N2c3cc4c(cc3B3c5ccccc5N(c5cccc6c5C5(CCCC5)c5ccccc5-6)c5cccc2c53)-c2ccccc2C42CCCCC2)cc1. The van der Waals surface area contributed by atoms with Crippen LogP contribution in [0, 0.1) is 0 Å².